The van der Waals surface area contributed by atoms with E-state index in [0.29, 0.717) is 18.0 Å². The second-order valence-electron chi connectivity index (χ2n) is 4.65. The van der Waals surface area contributed by atoms with Crippen molar-refractivity contribution in [1.82, 2.24) is 9.55 Å². The summed E-state index contributed by atoms with van der Waals surface area (Å²) in [6.07, 6.45) is -1.14. The summed E-state index contributed by atoms with van der Waals surface area (Å²) in [5.41, 5.74) is -1.04. The van der Waals surface area contributed by atoms with Crippen LogP contribution in [0.4, 0.5) is 18.9 Å². The van der Waals surface area contributed by atoms with Crippen LogP contribution in [0.15, 0.2) is 30.7 Å². The number of aromatic nitrogens is 2. The minimum atomic E-state index is -4.64. The average Bonchev–Trinajstić information content (AvgIpc) is 2.82. The van der Waals surface area contributed by atoms with Gasteiger partial charge in [0.15, 0.2) is 0 Å². The summed E-state index contributed by atoms with van der Waals surface area (Å²) in [7, 11) is -3.67. The minimum Gasteiger partial charge on any atom is -0.306 e. The van der Waals surface area contributed by atoms with Crippen LogP contribution in [0.25, 0.3) is 5.69 Å². The van der Waals surface area contributed by atoms with Gasteiger partial charge in [-0.25, -0.2) is 4.98 Å². The molecule has 1 aromatic heterocycles. The molecule has 1 N–H and O–H groups in total. The van der Waals surface area contributed by atoms with Gasteiger partial charge in [0.25, 0.3) is 15.8 Å². The lowest BCUT2D eigenvalue weighted by molar-refractivity contribution is -0.385. The third-order valence-electron chi connectivity index (χ3n) is 2.45. The molecule has 12 heteroatoms. The number of halogens is 3. The third-order valence-corrected chi connectivity index (χ3v) is 2.45. The first-order chi connectivity index (χ1) is 10.8. The van der Waals surface area contributed by atoms with Crippen LogP contribution in [0, 0.1) is 17.0 Å². The number of alkyl halides is 3. The molecular weight excluding hydrogens is 355 g/mol. The maximum absolute atomic E-state index is 12.7. The zero-order valence-corrected chi connectivity index (χ0v) is 13.2. The monoisotopic (exact) mass is 367 g/mol. The summed E-state index contributed by atoms with van der Waals surface area (Å²) >= 11 is 0. The second-order valence-corrected chi connectivity index (χ2v) is 6.11. The molecule has 0 atom stereocenters. The molecule has 0 amide bonds. The molecule has 0 fully saturated rings. The first-order valence-electron chi connectivity index (χ1n) is 6.07. The number of hydrogen-bond donors (Lipinski definition) is 1. The SMILES string of the molecule is CS(=O)(=O)O.Cc1cn(-c2cc([N+](=O)[O-])cc(C(F)(F)F)c2)cn1. The van der Waals surface area contributed by atoms with E-state index in [1.807, 2.05) is 0 Å². The number of aryl methyl sites for hydroxylation is 1. The largest absolute Gasteiger partial charge is 0.416 e. The predicted octanol–water partition coefficient (Wildman–Crippen LogP) is 2.61. The smallest absolute Gasteiger partial charge is 0.306 e. The molecule has 1 heterocycles. The molecular formula is C12H12F3N3O5S. The van der Waals surface area contributed by atoms with Gasteiger partial charge in [-0.2, -0.15) is 21.6 Å². The number of nitrogens with zero attached hydrogens (tertiary/aromatic N) is 3. The summed E-state index contributed by atoms with van der Waals surface area (Å²) in [4.78, 5) is 13.7. The molecule has 0 aliphatic rings. The van der Waals surface area contributed by atoms with E-state index in [-0.39, 0.29) is 5.69 Å². The predicted molar refractivity (Wildman–Crippen MR) is 77.4 cm³/mol. The summed E-state index contributed by atoms with van der Waals surface area (Å²) in [6, 6.07) is 2.41. The highest BCUT2D eigenvalue weighted by atomic mass is 32.2. The highest BCUT2D eigenvalue weighted by Crippen LogP contribution is 2.33. The average molecular weight is 367 g/mol. The Kier molecular flexibility index (Phi) is 5.68. The lowest BCUT2D eigenvalue weighted by Crippen LogP contribution is -2.07. The van der Waals surface area contributed by atoms with Gasteiger partial charge < -0.3 is 4.57 Å². The Morgan fingerprint density at radius 3 is 2.21 bits per heavy atom. The molecule has 0 radical (unpaired) electrons. The molecule has 0 spiro atoms. The summed E-state index contributed by atoms with van der Waals surface area (Å²) in [6.45, 7) is 1.67. The van der Waals surface area contributed by atoms with Crippen LogP contribution < -0.4 is 0 Å². The first kappa shape index (κ1) is 19.6. The summed E-state index contributed by atoms with van der Waals surface area (Å²) in [5.74, 6) is 0. The van der Waals surface area contributed by atoms with E-state index in [4.69, 9.17) is 4.55 Å². The number of rotatable bonds is 2. The quantitative estimate of drug-likeness (QED) is 0.496. The molecule has 24 heavy (non-hydrogen) atoms. The lowest BCUT2D eigenvalue weighted by Gasteiger charge is -2.09. The molecule has 0 saturated heterocycles. The van der Waals surface area contributed by atoms with Crippen LogP contribution in [-0.2, 0) is 16.3 Å². The van der Waals surface area contributed by atoms with Gasteiger partial charge in [-0.3, -0.25) is 14.7 Å². The van der Waals surface area contributed by atoms with E-state index in [1.54, 1.807) is 6.92 Å². The van der Waals surface area contributed by atoms with Crippen LogP contribution in [0.1, 0.15) is 11.3 Å². The van der Waals surface area contributed by atoms with Crippen molar-refractivity contribution < 1.29 is 31.1 Å². The Labute approximate surface area is 134 Å². The van der Waals surface area contributed by atoms with Gasteiger partial charge in [0, 0.05) is 18.3 Å². The lowest BCUT2D eigenvalue weighted by atomic mass is 10.1. The standard InChI is InChI=1S/C11H8F3N3O2.CH4O3S/c1-7-5-16(6-15-7)9-2-8(11(12,13)14)3-10(4-9)17(18)19;1-5(2,3)4/h2-6H,1H3;1H3,(H,2,3,4). The van der Waals surface area contributed by atoms with Crippen molar-refractivity contribution in [2.75, 3.05) is 6.26 Å². The van der Waals surface area contributed by atoms with E-state index in [9.17, 15) is 31.7 Å². The van der Waals surface area contributed by atoms with Gasteiger partial charge in [0.1, 0.15) is 0 Å². The Hall–Kier alpha value is -2.47. The van der Waals surface area contributed by atoms with E-state index in [0.717, 1.165) is 12.1 Å². The fraction of sp³-hybridized carbons (Fsp3) is 0.250. The minimum absolute atomic E-state index is 0.0436. The molecule has 2 aromatic rings. The zero-order chi connectivity index (χ0) is 18.7. The number of non-ortho nitro benzene ring substituents is 1. The fourth-order valence-electron chi connectivity index (χ4n) is 1.58. The van der Waals surface area contributed by atoms with Gasteiger partial charge in [-0.1, -0.05) is 0 Å². The highest BCUT2D eigenvalue weighted by Gasteiger charge is 2.33. The number of imidazole rings is 1. The first-order valence-corrected chi connectivity index (χ1v) is 7.92. The van der Waals surface area contributed by atoms with Crippen molar-refractivity contribution in [3.05, 3.63) is 52.1 Å². The Morgan fingerprint density at radius 2 is 1.83 bits per heavy atom. The molecule has 132 valence electrons. The van der Waals surface area contributed by atoms with Gasteiger partial charge in [-0.05, 0) is 13.0 Å². The van der Waals surface area contributed by atoms with E-state index in [2.05, 4.69) is 4.98 Å². The van der Waals surface area contributed by atoms with Gasteiger partial charge in [0.05, 0.1) is 34.5 Å². The molecule has 0 aliphatic heterocycles. The maximum Gasteiger partial charge on any atom is 0.416 e. The van der Waals surface area contributed by atoms with Crippen molar-refractivity contribution in [2.24, 2.45) is 0 Å². The molecule has 8 nitrogen and oxygen atoms in total. The molecule has 0 unspecified atom stereocenters. The van der Waals surface area contributed by atoms with E-state index < -0.39 is 32.5 Å². The van der Waals surface area contributed by atoms with Gasteiger partial charge in [-0.15, -0.1) is 0 Å². The van der Waals surface area contributed by atoms with Crippen molar-refractivity contribution in [1.29, 1.82) is 0 Å². The molecule has 1 aromatic carbocycles. The number of nitro benzene ring substituents is 1. The Bertz CT molecular complexity index is 838. The van der Waals surface area contributed by atoms with Crippen LogP contribution in [0.2, 0.25) is 0 Å². The topological polar surface area (TPSA) is 115 Å². The van der Waals surface area contributed by atoms with Gasteiger partial charge >= 0.3 is 6.18 Å². The summed E-state index contributed by atoms with van der Waals surface area (Å²) in [5, 5.41) is 10.7. The fourth-order valence-corrected chi connectivity index (χ4v) is 1.58. The molecule has 0 aliphatic carbocycles. The van der Waals surface area contributed by atoms with Gasteiger partial charge in [0.2, 0.25) is 0 Å². The second kappa shape index (κ2) is 6.97. The van der Waals surface area contributed by atoms with Crippen LogP contribution in [-0.4, -0.2) is 33.7 Å². The number of nitro groups is 1. The van der Waals surface area contributed by atoms with Crippen molar-refractivity contribution in [3.8, 4) is 5.69 Å². The van der Waals surface area contributed by atoms with E-state index >= 15 is 0 Å². The van der Waals surface area contributed by atoms with Crippen molar-refractivity contribution >= 4 is 15.8 Å². The highest BCUT2D eigenvalue weighted by molar-refractivity contribution is 7.85. The number of hydrogen-bond acceptors (Lipinski definition) is 5. The molecule has 2 rings (SSSR count). The zero-order valence-electron chi connectivity index (χ0n) is 12.4. The van der Waals surface area contributed by atoms with Crippen molar-refractivity contribution in [3.63, 3.8) is 0 Å². The van der Waals surface area contributed by atoms with E-state index in [1.165, 1.54) is 17.1 Å². The molecule has 0 saturated carbocycles. The summed E-state index contributed by atoms with van der Waals surface area (Å²) < 4.78 is 65.2. The third kappa shape index (κ3) is 6.34. The normalized spacial score (nSPS) is 11.6. The van der Waals surface area contributed by atoms with Crippen LogP contribution in [0.5, 0.6) is 0 Å². The van der Waals surface area contributed by atoms with Crippen LogP contribution in [0.3, 0.4) is 0 Å². The van der Waals surface area contributed by atoms with Crippen LogP contribution >= 0.6 is 0 Å². The Morgan fingerprint density at radius 1 is 1.29 bits per heavy atom. The van der Waals surface area contributed by atoms with Crippen molar-refractivity contribution in [2.45, 2.75) is 13.1 Å². The number of benzene rings is 1. The molecule has 0 bridgehead atoms. The Balaban J connectivity index is 0.000000505. The maximum atomic E-state index is 12.7.